The number of rotatable bonds is 6. The number of ether oxygens (including phenoxy) is 1. The predicted molar refractivity (Wildman–Crippen MR) is 101 cm³/mol. The van der Waals surface area contributed by atoms with Gasteiger partial charge in [-0.2, -0.15) is 0 Å². The van der Waals surface area contributed by atoms with E-state index in [4.69, 9.17) is 4.74 Å². The molecule has 2 amide bonds. The van der Waals surface area contributed by atoms with E-state index in [0.29, 0.717) is 19.1 Å². The Morgan fingerprint density at radius 2 is 2.16 bits per heavy atom. The molecule has 2 aromatic rings. The van der Waals surface area contributed by atoms with Gasteiger partial charge in [0.2, 0.25) is 0 Å². The maximum absolute atomic E-state index is 12.5. The van der Waals surface area contributed by atoms with Crippen molar-refractivity contribution >= 4 is 16.9 Å². The van der Waals surface area contributed by atoms with Crippen LogP contribution >= 0.6 is 0 Å². The molecule has 1 aromatic carbocycles. The van der Waals surface area contributed by atoms with Crippen LogP contribution in [0.2, 0.25) is 0 Å². The minimum atomic E-state index is 0.0510. The van der Waals surface area contributed by atoms with Crippen LogP contribution in [0.5, 0.6) is 0 Å². The lowest BCUT2D eigenvalue weighted by molar-refractivity contribution is 0.188. The van der Waals surface area contributed by atoms with Crippen molar-refractivity contribution in [1.82, 2.24) is 14.8 Å². The molecule has 3 rings (SSSR count). The Morgan fingerprint density at radius 1 is 1.32 bits per heavy atom. The van der Waals surface area contributed by atoms with Gasteiger partial charge in [-0.3, -0.25) is 0 Å². The predicted octanol–water partition coefficient (Wildman–Crippen LogP) is 3.40. The van der Waals surface area contributed by atoms with Crippen molar-refractivity contribution in [3.8, 4) is 0 Å². The SMILES string of the molecule is COCCn1cc2c3c(cccc31)CN(C(=O)NCCC(C)C)CC2. The van der Waals surface area contributed by atoms with E-state index < -0.39 is 0 Å². The van der Waals surface area contributed by atoms with Crippen LogP contribution < -0.4 is 5.32 Å². The van der Waals surface area contributed by atoms with Gasteiger partial charge in [-0.05, 0) is 36.0 Å². The minimum absolute atomic E-state index is 0.0510. The third kappa shape index (κ3) is 3.98. The first kappa shape index (κ1) is 17.8. The zero-order chi connectivity index (χ0) is 17.8. The number of carbonyl (C=O) groups excluding carboxylic acids is 1. The Hall–Kier alpha value is -2.01. The van der Waals surface area contributed by atoms with Gasteiger partial charge in [0.05, 0.1) is 6.61 Å². The zero-order valence-electron chi connectivity index (χ0n) is 15.5. The molecule has 5 nitrogen and oxygen atoms in total. The molecule has 0 fully saturated rings. The maximum atomic E-state index is 12.5. The van der Waals surface area contributed by atoms with Gasteiger partial charge in [0.25, 0.3) is 0 Å². The van der Waals surface area contributed by atoms with Gasteiger partial charge in [0.15, 0.2) is 0 Å². The van der Waals surface area contributed by atoms with Crippen LogP contribution in [-0.4, -0.2) is 42.3 Å². The number of aromatic nitrogens is 1. The van der Waals surface area contributed by atoms with E-state index in [1.807, 2.05) is 4.90 Å². The summed E-state index contributed by atoms with van der Waals surface area (Å²) < 4.78 is 7.50. The molecule has 1 aromatic heterocycles. The van der Waals surface area contributed by atoms with E-state index in [9.17, 15) is 4.79 Å². The molecule has 0 atom stereocenters. The smallest absolute Gasteiger partial charge is 0.317 e. The summed E-state index contributed by atoms with van der Waals surface area (Å²) in [5.74, 6) is 0.603. The highest BCUT2D eigenvalue weighted by Gasteiger charge is 2.22. The molecular weight excluding hydrogens is 314 g/mol. The van der Waals surface area contributed by atoms with Crippen LogP contribution in [-0.2, 0) is 24.2 Å². The third-order valence-corrected chi connectivity index (χ3v) is 4.90. The zero-order valence-corrected chi connectivity index (χ0v) is 15.5. The molecule has 0 bridgehead atoms. The second-order valence-electron chi connectivity index (χ2n) is 7.24. The van der Waals surface area contributed by atoms with Crippen LogP contribution in [0, 0.1) is 5.92 Å². The summed E-state index contributed by atoms with van der Waals surface area (Å²) in [7, 11) is 1.73. The molecule has 0 saturated heterocycles. The Kier molecular flexibility index (Phi) is 5.63. The number of hydrogen-bond acceptors (Lipinski definition) is 2. The monoisotopic (exact) mass is 343 g/mol. The largest absolute Gasteiger partial charge is 0.383 e. The van der Waals surface area contributed by atoms with E-state index in [0.717, 1.165) is 32.5 Å². The first-order valence-electron chi connectivity index (χ1n) is 9.21. The highest BCUT2D eigenvalue weighted by molar-refractivity contribution is 5.88. The van der Waals surface area contributed by atoms with Crippen molar-refractivity contribution in [3.63, 3.8) is 0 Å². The number of hydrogen-bond donors (Lipinski definition) is 1. The molecule has 0 radical (unpaired) electrons. The van der Waals surface area contributed by atoms with Gasteiger partial charge < -0.3 is 19.5 Å². The Balaban J connectivity index is 1.77. The lowest BCUT2D eigenvalue weighted by Crippen LogP contribution is -2.40. The molecule has 1 N–H and O–H groups in total. The third-order valence-electron chi connectivity index (χ3n) is 4.90. The fourth-order valence-electron chi connectivity index (χ4n) is 3.51. The van der Waals surface area contributed by atoms with Crippen molar-refractivity contribution in [2.75, 3.05) is 26.8 Å². The molecule has 1 aliphatic heterocycles. The van der Waals surface area contributed by atoms with Gasteiger partial charge in [-0.25, -0.2) is 4.79 Å². The second kappa shape index (κ2) is 7.91. The Labute approximate surface area is 149 Å². The highest BCUT2D eigenvalue weighted by atomic mass is 16.5. The molecule has 1 aliphatic rings. The average Bonchev–Trinajstić information content (AvgIpc) is 2.83. The lowest BCUT2D eigenvalue weighted by Gasteiger charge is -2.22. The van der Waals surface area contributed by atoms with E-state index in [2.05, 4.69) is 48.1 Å². The van der Waals surface area contributed by atoms with Crippen LogP contribution in [0.25, 0.3) is 10.9 Å². The Bertz CT molecular complexity index is 736. The summed E-state index contributed by atoms with van der Waals surface area (Å²) in [5.41, 5.74) is 3.81. The number of benzene rings is 1. The summed E-state index contributed by atoms with van der Waals surface area (Å²) >= 11 is 0. The highest BCUT2D eigenvalue weighted by Crippen LogP contribution is 2.29. The van der Waals surface area contributed by atoms with E-state index in [1.54, 1.807) is 7.11 Å². The standard InChI is InChI=1S/C20H29N3O2/c1-15(2)7-9-21-20(24)23-10-8-17-13-22(11-12-25-3)18-6-4-5-16(14-23)19(17)18/h4-6,13,15H,7-12,14H2,1-3H3,(H,21,24). The normalized spacial score (nSPS) is 14.2. The van der Waals surface area contributed by atoms with Crippen molar-refractivity contribution in [1.29, 1.82) is 0 Å². The number of urea groups is 1. The number of amides is 2. The van der Waals surface area contributed by atoms with Gasteiger partial charge in [0.1, 0.15) is 0 Å². The van der Waals surface area contributed by atoms with Crippen LogP contribution in [0.4, 0.5) is 4.79 Å². The number of nitrogens with one attached hydrogen (secondary N) is 1. The fraction of sp³-hybridized carbons (Fsp3) is 0.550. The van der Waals surface area contributed by atoms with Gasteiger partial charge in [0, 0.05) is 50.4 Å². The minimum Gasteiger partial charge on any atom is -0.383 e. The molecular formula is C20H29N3O2. The molecule has 5 heteroatoms. The fourth-order valence-corrected chi connectivity index (χ4v) is 3.51. The van der Waals surface area contributed by atoms with Crippen molar-refractivity contribution in [3.05, 3.63) is 35.5 Å². The van der Waals surface area contributed by atoms with Crippen LogP contribution in [0.1, 0.15) is 31.4 Å². The summed E-state index contributed by atoms with van der Waals surface area (Å²) in [4.78, 5) is 14.5. The topological polar surface area (TPSA) is 46.5 Å². The molecule has 0 spiro atoms. The molecule has 25 heavy (non-hydrogen) atoms. The molecule has 0 saturated carbocycles. The number of nitrogens with zero attached hydrogens (tertiary/aromatic N) is 2. The molecule has 136 valence electrons. The summed E-state index contributed by atoms with van der Waals surface area (Å²) in [6.07, 6.45) is 4.14. The van der Waals surface area contributed by atoms with E-state index in [-0.39, 0.29) is 6.03 Å². The summed E-state index contributed by atoms with van der Waals surface area (Å²) in [5, 5.41) is 4.38. The van der Waals surface area contributed by atoms with Crippen LogP contribution in [0.3, 0.4) is 0 Å². The van der Waals surface area contributed by atoms with Crippen LogP contribution in [0.15, 0.2) is 24.4 Å². The summed E-state index contributed by atoms with van der Waals surface area (Å²) in [6, 6.07) is 6.45. The second-order valence-corrected chi connectivity index (χ2v) is 7.24. The van der Waals surface area contributed by atoms with Crippen molar-refractivity contribution in [2.24, 2.45) is 5.92 Å². The molecule has 0 aliphatic carbocycles. The summed E-state index contributed by atoms with van der Waals surface area (Å²) in [6.45, 7) is 8.08. The van der Waals surface area contributed by atoms with Gasteiger partial charge in [-0.15, -0.1) is 0 Å². The first-order chi connectivity index (χ1) is 12.1. The molecule has 0 unspecified atom stereocenters. The van der Waals surface area contributed by atoms with Crippen molar-refractivity contribution in [2.45, 2.75) is 39.8 Å². The van der Waals surface area contributed by atoms with Gasteiger partial charge >= 0.3 is 6.03 Å². The van der Waals surface area contributed by atoms with Crippen molar-refractivity contribution < 1.29 is 9.53 Å². The quantitative estimate of drug-likeness (QED) is 0.874. The maximum Gasteiger partial charge on any atom is 0.317 e. The number of methoxy groups -OCH3 is 1. The molecule has 2 heterocycles. The van der Waals surface area contributed by atoms with Gasteiger partial charge in [-0.1, -0.05) is 26.0 Å². The number of carbonyl (C=O) groups is 1. The Morgan fingerprint density at radius 3 is 2.92 bits per heavy atom. The first-order valence-corrected chi connectivity index (χ1v) is 9.21. The average molecular weight is 343 g/mol. The van der Waals surface area contributed by atoms with E-state index >= 15 is 0 Å². The van der Waals surface area contributed by atoms with E-state index in [1.165, 1.54) is 22.0 Å². The lowest BCUT2D eigenvalue weighted by atomic mass is 10.1.